The molecular formula is C16H14N2O2. The van der Waals surface area contributed by atoms with Crippen molar-refractivity contribution < 1.29 is 9.53 Å². The molecular weight excluding hydrogens is 252 g/mol. The molecule has 20 heavy (non-hydrogen) atoms. The van der Waals surface area contributed by atoms with Gasteiger partial charge in [-0.25, -0.2) is 9.78 Å². The number of nitrogens with one attached hydrogen (secondary N) is 1. The Morgan fingerprint density at radius 3 is 2.75 bits per heavy atom. The number of hydrogen-bond acceptors (Lipinski definition) is 3. The van der Waals surface area contributed by atoms with Crippen LogP contribution in [0.4, 0.5) is 0 Å². The van der Waals surface area contributed by atoms with Gasteiger partial charge in [0.05, 0.1) is 23.7 Å². The van der Waals surface area contributed by atoms with E-state index in [-0.39, 0.29) is 5.97 Å². The van der Waals surface area contributed by atoms with Gasteiger partial charge in [-0.2, -0.15) is 0 Å². The molecule has 100 valence electrons. The van der Waals surface area contributed by atoms with Gasteiger partial charge in [-0.3, -0.25) is 0 Å². The standard InChI is InChI=1S/C16H14N2O2/c1-20-16(19)12-7-8-13-14(10-12)18-15(17-13)9-11-5-3-2-4-6-11/h2-8,10H,9H2,1H3,(H,17,18). The maximum absolute atomic E-state index is 11.5. The molecule has 1 N–H and O–H groups in total. The first-order chi connectivity index (χ1) is 9.76. The quantitative estimate of drug-likeness (QED) is 0.741. The van der Waals surface area contributed by atoms with E-state index in [0.717, 1.165) is 23.3 Å². The Morgan fingerprint density at radius 2 is 2.00 bits per heavy atom. The molecule has 0 atom stereocenters. The Morgan fingerprint density at radius 1 is 1.20 bits per heavy atom. The minimum atomic E-state index is -0.342. The molecule has 1 aromatic heterocycles. The lowest BCUT2D eigenvalue weighted by Gasteiger charge is -1.97. The summed E-state index contributed by atoms with van der Waals surface area (Å²) in [6.07, 6.45) is 0.739. The summed E-state index contributed by atoms with van der Waals surface area (Å²) in [6.45, 7) is 0. The number of imidazole rings is 1. The molecule has 3 aromatic rings. The van der Waals surface area contributed by atoms with Crippen molar-refractivity contribution in [3.05, 3.63) is 65.5 Å². The van der Waals surface area contributed by atoms with Crippen LogP contribution in [0.1, 0.15) is 21.7 Å². The number of aromatic amines is 1. The van der Waals surface area contributed by atoms with Crippen LogP contribution in [0, 0.1) is 0 Å². The van der Waals surface area contributed by atoms with Crippen molar-refractivity contribution in [2.75, 3.05) is 7.11 Å². The lowest BCUT2D eigenvalue weighted by atomic mass is 10.1. The highest BCUT2D eigenvalue weighted by molar-refractivity contribution is 5.93. The van der Waals surface area contributed by atoms with E-state index in [1.165, 1.54) is 12.7 Å². The number of esters is 1. The second-order valence-corrected chi connectivity index (χ2v) is 4.57. The van der Waals surface area contributed by atoms with E-state index in [2.05, 4.69) is 22.1 Å². The van der Waals surface area contributed by atoms with Crippen molar-refractivity contribution in [3.63, 3.8) is 0 Å². The van der Waals surface area contributed by atoms with E-state index in [1.54, 1.807) is 12.1 Å². The minimum Gasteiger partial charge on any atom is -0.465 e. The topological polar surface area (TPSA) is 55.0 Å². The van der Waals surface area contributed by atoms with Gasteiger partial charge in [0.2, 0.25) is 0 Å². The maximum atomic E-state index is 11.5. The van der Waals surface area contributed by atoms with Crippen molar-refractivity contribution in [2.24, 2.45) is 0 Å². The zero-order valence-corrected chi connectivity index (χ0v) is 11.1. The molecule has 0 fully saturated rings. The number of aromatic nitrogens is 2. The second kappa shape index (κ2) is 5.17. The highest BCUT2D eigenvalue weighted by atomic mass is 16.5. The van der Waals surface area contributed by atoms with Gasteiger partial charge in [-0.05, 0) is 23.8 Å². The number of carbonyl (C=O) groups excluding carboxylic acids is 1. The van der Waals surface area contributed by atoms with Gasteiger partial charge in [-0.1, -0.05) is 30.3 Å². The van der Waals surface area contributed by atoms with Gasteiger partial charge in [0, 0.05) is 6.42 Å². The number of H-pyrrole nitrogens is 1. The number of benzene rings is 2. The number of rotatable bonds is 3. The summed E-state index contributed by atoms with van der Waals surface area (Å²) in [5.74, 6) is 0.541. The predicted molar refractivity (Wildman–Crippen MR) is 76.7 cm³/mol. The van der Waals surface area contributed by atoms with E-state index >= 15 is 0 Å². The SMILES string of the molecule is COC(=O)c1ccc2nc(Cc3ccccc3)[nH]c2c1. The molecule has 0 saturated carbocycles. The lowest BCUT2D eigenvalue weighted by molar-refractivity contribution is 0.0601. The van der Waals surface area contributed by atoms with Crippen LogP contribution >= 0.6 is 0 Å². The van der Waals surface area contributed by atoms with Gasteiger partial charge in [0.1, 0.15) is 5.82 Å². The third-order valence-corrected chi connectivity index (χ3v) is 3.17. The molecule has 4 nitrogen and oxygen atoms in total. The van der Waals surface area contributed by atoms with Crippen LogP contribution < -0.4 is 0 Å². The monoisotopic (exact) mass is 266 g/mol. The molecule has 0 aliphatic rings. The molecule has 2 aromatic carbocycles. The Hall–Kier alpha value is -2.62. The molecule has 3 rings (SSSR count). The summed E-state index contributed by atoms with van der Waals surface area (Å²) in [7, 11) is 1.38. The normalized spacial score (nSPS) is 10.7. The van der Waals surface area contributed by atoms with Crippen molar-refractivity contribution >= 4 is 17.0 Å². The lowest BCUT2D eigenvalue weighted by Crippen LogP contribution is -2.00. The fourth-order valence-corrected chi connectivity index (χ4v) is 2.18. The zero-order chi connectivity index (χ0) is 13.9. The number of ether oxygens (including phenoxy) is 1. The molecule has 1 heterocycles. The van der Waals surface area contributed by atoms with Crippen molar-refractivity contribution in [1.29, 1.82) is 0 Å². The average Bonchev–Trinajstić information content (AvgIpc) is 2.88. The van der Waals surface area contributed by atoms with Crippen LogP contribution in [0.2, 0.25) is 0 Å². The minimum absolute atomic E-state index is 0.342. The number of hydrogen-bond donors (Lipinski definition) is 1. The first-order valence-corrected chi connectivity index (χ1v) is 6.37. The summed E-state index contributed by atoms with van der Waals surface area (Å²) >= 11 is 0. The third-order valence-electron chi connectivity index (χ3n) is 3.17. The number of nitrogens with zero attached hydrogens (tertiary/aromatic N) is 1. The highest BCUT2D eigenvalue weighted by Gasteiger charge is 2.09. The highest BCUT2D eigenvalue weighted by Crippen LogP contribution is 2.16. The maximum Gasteiger partial charge on any atom is 0.337 e. The van der Waals surface area contributed by atoms with E-state index in [0.29, 0.717) is 5.56 Å². The van der Waals surface area contributed by atoms with Gasteiger partial charge in [-0.15, -0.1) is 0 Å². The van der Waals surface area contributed by atoms with Gasteiger partial charge in [0.25, 0.3) is 0 Å². The predicted octanol–water partition coefficient (Wildman–Crippen LogP) is 2.94. The smallest absolute Gasteiger partial charge is 0.337 e. The van der Waals surface area contributed by atoms with E-state index in [4.69, 9.17) is 4.74 Å². The number of fused-ring (bicyclic) bond motifs is 1. The van der Waals surface area contributed by atoms with E-state index in [9.17, 15) is 4.79 Å². The summed E-state index contributed by atoms with van der Waals surface area (Å²) in [4.78, 5) is 19.3. The first-order valence-electron chi connectivity index (χ1n) is 6.37. The molecule has 0 bridgehead atoms. The van der Waals surface area contributed by atoms with Crippen LogP contribution in [0.25, 0.3) is 11.0 Å². The molecule has 0 radical (unpaired) electrons. The Bertz CT molecular complexity index is 748. The number of carbonyl (C=O) groups is 1. The van der Waals surface area contributed by atoms with Crippen molar-refractivity contribution in [3.8, 4) is 0 Å². The zero-order valence-electron chi connectivity index (χ0n) is 11.1. The third kappa shape index (κ3) is 2.40. The van der Waals surface area contributed by atoms with E-state index < -0.39 is 0 Å². The fraction of sp³-hybridized carbons (Fsp3) is 0.125. The van der Waals surface area contributed by atoms with Crippen LogP contribution in [0.15, 0.2) is 48.5 Å². The summed E-state index contributed by atoms with van der Waals surface area (Å²) in [5, 5.41) is 0. The molecule has 0 aliphatic carbocycles. The first kappa shape index (κ1) is 12.4. The summed E-state index contributed by atoms with van der Waals surface area (Å²) < 4.78 is 4.71. The Labute approximate surface area is 116 Å². The molecule has 4 heteroatoms. The van der Waals surface area contributed by atoms with Crippen LogP contribution in [0.5, 0.6) is 0 Å². The number of methoxy groups -OCH3 is 1. The van der Waals surface area contributed by atoms with Gasteiger partial charge >= 0.3 is 5.97 Å². The average molecular weight is 266 g/mol. The second-order valence-electron chi connectivity index (χ2n) is 4.57. The summed E-state index contributed by atoms with van der Waals surface area (Å²) in [5.41, 5.74) is 3.41. The fourth-order valence-electron chi connectivity index (χ4n) is 2.18. The molecule has 0 saturated heterocycles. The van der Waals surface area contributed by atoms with E-state index in [1.807, 2.05) is 24.3 Å². The summed E-state index contributed by atoms with van der Waals surface area (Å²) in [6, 6.07) is 15.4. The molecule has 0 unspecified atom stereocenters. The van der Waals surface area contributed by atoms with Crippen molar-refractivity contribution in [1.82, 2.24) is 9.97 Å². The Kier molecular flexibility index (Phi) is 3.21. The van der Waals surface area contributed by atoms with Crippen LogP contribution in [0.3, 0.4) is 0 Å². The Balaban J connectivity index is 1.92. The van der Waals surface area contributed by atoms with Gasteiger partial charge < -0.3 is 9.72 Å². The molecule has 0 aliphatic heterocycles. The molecule has 0 spiro atoms. The van der Waals surface area contributed by atoms with Crippen LogP contribution in [-0.2, 0) is 11.2 Å². The largest absolute Gasteiger partial charge is 0.465 e. The van der Waals surface area contributed by atoms with Gasteiger partial charge in [0.15, 0.2) is 0 Å². The van der Waals surface area contributed by atoms with Crippen LogP contribution in [-0.4, -0.2) is 23.0 Å². The molecule has 0 amide bonds. The van der Waals surface area contributed by atoms with Crippen molar-refractivity contribution in [2.45, 2.75) is 6.42 Å².